The van der Waals surface area contributed by atoms with E-state index in [9.17, 15) is 4.79 Å². The summed E-state index contributed by atoms with van der Waals surface area (Å²) in [6.45, 7) is 3.19. The highest BCUT2D eigenvalue weighted by Crippen LogP contribution is 2.23. The van der Waals surface area contributed by atoms with Gasteiger partial charge in [-0.05, 0) is 43.0 Å². The minimum absolute atomic E-state index is 0.0114. The van der Waals surface area contributed by atoms with Crippen LogP contribution in [0.15, 0.2) is 54.6 Å². The molecule has 0 saturated carbocycles. The van der Waals surface area contributed by atoms with Crippen LogP contribution >= 0.6 is 0 Å². The Morgan fingerprint density at radius 2 is 1.79 bits per heavy atom. The molecule has 2 N–H and O–H groups in total. The van der Waals surface area contributed by atoms with Crippen molar-refractivity contribution < 1.29 is 9.53 Å². The van der Waals surface area contributed by atoms with Crippen molar-refractivity contribution >= 4 is 5.91 Å². The Labute approximate surface area is 143 Å². The summed E-state index contributed by atoms with van der Waals surface area (Å²) >= 11 is 0. The number of piperidine rings is 1. The van der Waals surface area contributed by atoms with Crippen LogP contribution in [0.1, 0.15) is 19.8 Å². The summed E-state index contributed by atoms with van der Waals surface area (Å²) in [4.78, 5) is 14.3. The topological polar surface area (TPSA) is 55.6 Å². The highest BCUT2D eigenvalue weighted by molar-refractivity contribution is 5.81. The summed E-state index contributed by atoms with van der Waals surface area (Å²) in [5, 5.41) is 0. The number of hydrogen-bond acceptors (Lipinski definition) is 3. The maximum Gasteiger partial charge on any atom is 0.263 e. The van der Waals surface area contributed by atoms with Crippen molar-refractivity contribution in [1.82, 2.24) is 4.90 Å². The number of likely N-dealkylation sites (tertiary alicyclic amines) is 1. The van der Waals surface area contributed by atoms with E-state index in [-0.39, 0.29) is 11.9 Å². The number of benzene rings is 2. The van der Waals surface area contributed by atoms with Crippen molar-refractivity contribution in [3.8, 4) is 16.9 Å². The van der Waals surface area contributed by atoms with Crippen molar-refractivity contribution in [1.29, 1.82) is 0 Å². The lowest BCUT2D eigenvalue weighted by Gasteiger charge is -2.32. The van der Waals surface area contributed by atoms with E-state index in [4.69, 9.17) is 10.5 Å². The zero-order valence-electron chi connectivity index (χ0n) is 14.0. The summed E-state index contributed by atoms with van der Waals surface area (Å²) in [5.41, 5.74) is 8.24. The van der Waals surface area contributed by atoms with Gasteiger partial charge in [0.25, 0.3) is 5.91 Å². The van der Waals surface area contributed by atoms with E-state index in [1.54, 1.807) is 6.92 Å². The van der Waals surface area contributed by atoms with Crippen molar-refractivity contribution in [3.63, 3.8) is 0 Å². The lowest BCUT2D eigenvalue weighted by Crippen LogP contribution is -2.49. The molecule has 4 heteroatoms. The summed E-state index contributed by atoms with van der Waals surface area (Å²) in [5.74, 6) is 0.717. The zero-order valence-corrected chi connectivity index (χ0v) is 14.0. The standard InChI is InChI=1S/C20H24N2O2/c1-15(20(23)22-13-5-8-18(21)14-22)24-19-11-9-17(10-12-19)16-6-3-2-4-7-16/h2-4,6-7,9-12,15,18H,5,8,13-14,21H2,1H3. The molecular formula is C20H24N2O2. The molecule has 1 fully saturated rings. The summed E-state index contributed by atoms with van der Waals surface area (Å²) in [7, 11) is 0. The fourth-order valence-corrected chi connectivity index (χ4v) is 3.08. The molecule has 0 aromatic heterocycles. The van der Waals surface area contributed by atoms with Gasteiger partial charge in [0.1, 0.15) is 5.75 Å². The summed E-state index contributed by atoms with van der Waals surface area (Å²) in [6, 6.07) is 18.1. The Bertz CT molecular complexity index is 670. The molecule has 1 amide bonds. The van der Waals surface area contributed by atoms with E-state index in [0.29, 0.717) is 12.3 Å². The third-order valence-electron chi connectivity index (χ3n) is 4.39. The predicted molar refractivity (Wildman–Crippen MR) is 95.8 cm³/mol. The van der Waals surface area contributed by atoms with Gasteiger partial charge >= 0.3 is 0 Å². The molecule has 126 valence electrons. The molecule has 4 nitrogen and oxygen atoms in total. The number of amides is 1. The van der Waals surface area contributed by atoms with Gasteiger partial charge in [0.15, 0.2) is 6.10 Å². The molecule has 0 aliphatic carbocycles. The second-order valence-corrected chi connectivity index (χ2v) is 6.34. The molecular weight excluding hydrogens is 300 g/mol. The number of nitrogens with zero attached hydrogens (tertiary/aromatic N) is 1. The van der Waals surface area contributed by atoms with Crippen LogP contribution < -0.4 is 10.5 Å². The number of carbonyl (C=O) groups is 1. The molecule has 1 saturated heterocycles. The zero-order chi connectivity index (χ0) is 16.9. The molecule has 2 aromatic carbocycles. The molecule has 1 heterocycles. The Morgan fingerprint density at radius 1 is 1.12 bits per heavy atom. The van der Waals surface area contributed by atoms with Gasteiger partial charge in [0, 0.05) is 19.1 Å². The van der Waals surface area contributed by atoms with Gasteiger partial charge in [-0.3, -0.25) is 4.79 Å². The van der Waals surface area contributed by atoms with Crippen LogP contribution in [0.25, 0.3) is 11.1 Å². The number of carbonyl (C=O) groups excluding carboxylic acids is 1. The van der Waals surface area contributed by atoms with Crippen LogP contribution in [-0.2, 0) is 4.79 Å². The first kappa shape index (κ1) is 16.5. The van der Waals surface area contributed by atoms with E-state index < -0.39 is 6.10 Å². The van der Waals surface area contributed by atoms with E-state index >= 15 is 0 Å². The van der Waals surface area contributed by atoms with Crippen LogP contribution in [0.2, 0.25) is 0 Å². The van der Waals surface area contributed by atoms with Crippen molar-refractivity contribution in [2.24, 2.45) is 5.73 Å². The van der Waals surface area contributed by atoms with Gasteiger partial charge in [-0.1, -0.05) is 42.5 Å². The van der Waals surface area contributed by atoms with Gasteiger partial charge in [-0.2, -0.15) is 0 Å². The van der Waals surface area contributed by atoms with Crippen LogP contribution in [-0.4, -0.2) is 36.0 Å². The van der Waals surface area contributed by atoms with E-state index in [1.807, 2.05) is 47.4 Å². The average molecular weight is 324 g/mol. The van der Waals surface area contributed by atoms with E-state index in [1.165, 1.54) is 0 Å². The smallest absolute Gasteiger partial charge is 0.263 e. The second kappa shape index (κ2) is 7.49. The quantitative estimate of drug-likeness (QED) is 0.940. The lowest BCUT2D eigenvalue weighted by atomic mass is 10.1. The molecule has 0 spiro atoms. The number of rotatable bonds is 4. The summed E-state index contributed by atoms with van der Waals surface area (Å²) in [6.07, 6.45) is 1.45. The molecule has 2 unspecified atom stereocenters. The first-order chi connectivity index (χ1) is 11.6. The van der Waals surface area contributed by atoms with Crippen LogP contribution in [0, 0.1) is 0 Å². The van der Waals surface area contributed by atoms with Crippen LogP contribution in [0.5, 0.6) is 5.75 Å². The fourth-order valence-electron chi connectivity index (χ4n) is 3.08. The fraction of sp³-hybridized carbons (Fsp3) is 0.350. The second-order valence-electron chi connectivity index (χ2n) is 6.34. The first-order valence-electron chi connectivity index (χ1n) is 8.50. The predicted octanol–water partition coefficient (Wildman–Crippen LogP) is 3.07. The average Bonchev–Trinajstić information content (AvgIpc) is 2.62. The molecule has 2 aromatic rings. The highest BCUT2D eigenvalue weighted by Gasteiger charge is 2.26. The minimum atomic E-state index is -0.502. The lowest BCUT2D eigenvalue weighted by molar-refractivity contribution is -0.139. The number of nitrogens with two attached hydrogens (primary N) is 1. The van der Waals surface area contributed by atoms with Crippen LogP contribution in [0.4, 0.5) is 0 Å². The van der Waals surface area contributed by atoms with E-state index in [2.05, 4.69) is 12.1 Å². The summed E-state index contributed by atoms with van der Waals surface area (Å²) < 4.78 is 5.82. The Kier molecular flexibility index (Phi) is 5.16. The minimum Gasteiger partial charge on any atom is -0.481 e. The monoisotopic (exact) mass is 324 g/mol. The molecule has 24 heavy (non-hydrogen) atoms. The Balaban J connectivity index is 1.62. The van der Waals surface area contributed by atoms with Crippen LogP contribution in [0.3, 0.4) is 0 Å². The maximum absolute atomic E-state index is 12.5. The maximum atomic E-state index is 12.5. The Hall–Kier alpha value is -2.33. The van der Waals surface area contributed by atoms with Gasteiger partial charge in [0.2, 0.25) is 0 Å². The van der Waals surface area contributed by atoms with Crippen molar-refractivity contribution in [2.75, 3.05) is 13.1 Å². The highest BCUT2D eigenvalue weighted by atomic mass is 16.5. The molecule has 1 aliphatic rings. The van der Waals surface area contributed by atoms with Gasteiger partial charge in [-0.25, -0.2) is 0 Å². The first-order valence-corrected chi connectivity index (χ1v) is 8.50. The van der Waals surface area contributed by atoms with Gasteiger partial charge in [0.05, 0.1) is 0 Å². The van der Waals surface area contributed by atoms with Gasteiger partial charge in [-0.15, -0.1) is 0 Å². The Morgan fingerprint density at radius 3 is 2.46 bits per heavy atom. The molecule has 0 radical (unpaired) electrons. The van der Waals surface area contributed by atoms with Gasteiger partial charge < -0.3 is 15.4 Å². The molecule has 0 bridgehead atoms. The third-order valence-corrected chi connectivity index (χ3v) is 4.39. The van der Waals surface area contributed by atoms with Crippen molar-refractivity contribution in [2.45, 2.75) is 31.9 Å². The normalized spacial score (nSPS) is 18.9. The molecule has 2 atom stereocenters. The van der Waals surface area contributed by atoms with Crippen molar-refractivity contribution in [3.05, 3.63) is 54.6 Å². The molecule has 1 aliphatic heterocycles. The largest absolute Gasteiger partial charge is 0.481 e. The van der Waals surface area contributed by atoms with E-state index in [0.717, 1.165) is 30.5 Å². The number of hydrogen-bond donors (Lipinski definition) is 1. The molecule has 3 rings (SSSR count). The third kappa shape index (κ3) is 3.95. The number of ether oxygens (including phenoxy) is 1. The SMILES string of the molecule is CC(Oc1ccc(-c2ccccc2)cc1)C(=O)N1CCCC(N)C1.